The molecule has 0 aliphatic carbocycles. The molecular weight excluding hydrogens is 236 g/mol. The second-order valence-electron chi connectivity index (χ2n) is 3.90. The minimum absolute atomic E-state index is 0.0910. The van der Waals surface area contributed by atoms with Gasteiger partial charge in [0.1, 0.15) is 0 Å². The molecule has 0 amide bonds. The number of aliphatic hydroxyl groups is 1. The van der Waals surface area contributed by atoms with Crippen LogP contribution in [0.1, 0.15) is 19.4 Å². The van der Waals surface area contributed by atoms with Crippen LogP contribution in [0.3, 0.4) is 0 Å². The third-order valence-corrected chi connectivity index (χ3v) is 3.18. The van der Waals surface area contributed by atoms with Crippen LogP contribution in [0.2, 0.25) is 0 Å². The Morgan fingerprint density at radius 3 is 2.82 bits per heavy atom. The Bertz CT molecular complexity index is 641. The topological polar surface area (TPSA) is 58.0 Å². The average Bonchev–Trinajstić information content (AvgIpc) is 2.34. The summed E-state index contributed by atoms with van der Waals surface area (Å²) in [6.45, 7) is 1.82. The highest BCUT2D eigenvalue weighted by Gasteiger charge is 2.12. The van der Waals surface area contributed by atoms with Crippen molar-refractivity contribution in [3.8, 4) is 0 Å². The molecule has 0 unspecified atom stereocenters. The lowest BCUT2D eigenvalue weighted by Gasteiger charge is -2.16. The van der Waals surface area contributed by atoms with E-state index in [1.165, 1.54) is 4.57 Å². The molecule has 0 saturated heterocycles. The van der Waals surface area contributed by atoms with Crippen molar-refractivity contribution in [1.82, 2.24) is 9.55 Å². The van der Waals surface area contributed by atoms with E-state index in [1.807, 2.05) is 25.1 Å². The fourth-order valence-electron chi connectivity index (χ4n) is 1.90. The summed E-state index contributed by atoms with van der Waals surface area (Å²) in [5.41, 5.74) is 0.580. The zero-order valence-corrected chi connectivity index (χ0v) is 10.3. The van der Waals surface area contributed by atoms with E-state index in [0.717, 1.165) is 5.52 Å². The van der Waals surface area contributed by atoms with Gasteiger partial charge < -0.3 is 10.1 Å². The third kappa shape index (κ3) is 2.03. The van der Waals surface area contributed by atoms with Crippen LogP contribution in [-0.4, -0.2) is 21.3 Å². The molecule has 0 fully saturated rings. The number of rotatable bonds is 3. The summed E-state index contributed by atoms with van der Waals surface area (Å²) >= 11 is 5.17. The number of aromatic nitrogens is 2. The van der Waals surface area contributed by atoms with Gasteiger partial charge in [0.2, 0.25) is 0 Å². The van der Waals surface area contributed by atoms with Gasteiger partial charge in [-0.3, -0.25) is 9.36 Å². The maximum Gasteiger partial charge on any atom is 0.262 e. The van der Waals surface area contributed by atoms with Gasteiger partial charge >= 0.3 is 0 Å². The van der Waals surface area contributed by atoms with Crippen LogP contribution in [-0.2, 0) is 0 Å². The molecule has 1 aromatic heterocycles. The number of benzene rings is 1. The quantitative estimate of drug-likeness (QED) is 0.819. The molecule has 1 atom stereocenters. The van der Waals surface area contributed by atoms with Crippen molar-refractivity contribution in [3.63, 3.8) is 0 Å². The highest BCUT2D eigenvalue weighted by atomic mass is 32.1. The molecule has 4 nitrogen and oxygen atoms in total. The number of nitrogens with one attached hydrogen (secondary N) is 1. The Kier molecular flexibility index (Phi) is 3.40. The lowest BCUT2D eigenvalue weighted by Crippen LogP contribution is -2.28. The first kappa shape index (κ1) is 12.0. The number of nitrogens with zero attached hydrogens (tertiary/aromatic N) is 1. The van der Waals surface area contributed by atoms with E-state index in [1.54, 1.807) is 6.07 Å². The molecule has 0 radical (unpaired) electrons. The van der Waals surface area contributed by atoms with Crippen LogP contribution in [0.4, 0.5) is 0 Å². The molecule has 0 aliphatic rings. The number of para-hydroxylation sites is 1. The minimum atomic E-state index is -0.268. The number of hydrogen-bond acceptors (Lipinski definition) is 3. The highest BCUT2D eigenvalue weighted by molar-refractivity contribution is 7.71. The first-order valence-corrected chi connectivity index (χ1v) is 5.94. The van der Waals surface area contributed by atoms with Crippen LogP contribution in [0.15, 0.2) is 29.1 Å². The number of aromatic amines is 1. The van der Waals surface area contributed by atoms with Crippen molar-refractivity contribution in [1.29, 1.82) is 0 Å². The van der Waals surface area contributed by atoms with Gasteiger partial charge in [-0.2, -0.15) is 0 Å². The molecule has 0 saturated carbocycles. The van der Waals surface area contributed by atoms with Crippen LogP contribution in [0.5, 0.6) is 0 Å². The summed E-state index contributed by atoms with van der Waals surface area (Å²) in [6, 6.07) is 6.96. The van der Waals surface area contributed by atoms with Gasteiger partial charge in [-0.15, -0.1) is 0 Å². The van der Waals surface area contributed by atoms with Gasteiger partial charge in [-0.05, 0) is 30.8 Å². The molecule has 1 heterocycles. The maximum absolute atomic E-state index is 12.3. The van der Waals surface area contributed by atoms with Gasteiger partial charge in [-0.25, -0.2) is 0 Å². The Balaban J connectivity index is 2.81. The summed E-state index contributed by atoms with van der Waals surface area (Å²) in [5.74, 6) is 0. The molecule has 0 bridgehead atoms. The Morgan fingerprint density at radius 2 is 2.18 bits per heavy atom. The molecule has 1 aromatic carbocycles. The van der Waals surface area contributed by atoms with E-state index in [0.29, 0.717) is 16.6 Å². The zero-order valence-electron chi connectivity index (χ0n) is 9.51. The first-order chi connectivity index (χ1) is 8.19. The van der Waals surface area contributed by atoms with E-state index in [9.17, 15) is 9.90 Å². The van der Waals surface area contributed by atoms with E-state index in [-0.39, 0.29) is 18.2 Å². The van der Waals surface area contributed by atoms with Gasteiger partial charge in [0.15, 0.2) is 4.77 Å². The van der Waals surface area contributed by atoms with E-state index >= 15 is 0 Å². The van der Waals surface area contributed by atoms with E-state index < -0.39 is 0 Å². The van der Waals surface area contributed by atoms with Crippen molar-refractivity contribution in [2.45, 2.75) is 19.4 Å². The van der Waals surface area contributed by atoms with Crippen molar-refractivity contribution in [2.75, 3.05) is 6.61 Å². The van der Waals surface area contributed by atoms with Crippen LogP contribution < -0.4 is 5.56 Å². The fourth-order valence-corrected chi connectivity index (χ4v) is 2.24. The van der Waals surface area contributed by atoms with E-state index in [4.69, 9.17) is 12.2 Å². The van der Waals surface area contributed by atoms with Gasteiger partial charge in [0.25, 0.3) is 5.56 Å². The highest BCUT2D eigenvalue weighted by Crippen LogP contribution is 2.12. The molecule has 90 valence electrons. The Labute approximate surface area is 104 Å². The molecule has 2 rings (SSSR count). The predicted molar refractivity (Wildman–Crippen MR) is 69.8 cm³/mol. The largest absolute Gasteiger partial charge is 0.394 e. The second-order valence-corrected chi connectivity index (χ2v) is 4.28. The molecular formula is C12H14N2O2S. The SMILES string of the molecule is CC[C@H](CO)n1c(=S)[nH]c2ccccc2c1=O. The number of hydrogen-bond donors (Lipinski definition) is 2. The molecule has 17 heavy (non-hydrogen) atoms. The monoisotopic (exact) mass is 250 g/mol. The molecule has 2 aromatic rings. The summed E-state index contributed by atoms with van der Waals surface area (Å²) < 4.78 is 1.81. The predicted octanol–water partition coefficient (Wildman–Crippen LogP) is 2.00. The second kappa shape index (κ2) is 4.81. The number of fused-ring (bicyclic) bond motifs is 1. The summed E-state index contributed by atoms with van der Waals surface area (Å²) in [4.78, 5) is 15.3. The van der Waals surface area contributed by atoms with Crippen molar-refractivity contribution < 1.29 is 5.11 Å². The Morgan fingerprint density at radius 1 is 1.47 bits per heavy atom. The molecule has 5 heteroatoms. The van der Waals surface area contributed by atoms with Gasteiger partial charge in [0.05, 0.1) is 23.6 Å². The molecule has 2 N–H and O–H groups in total. The fraction of sp³-hybridized carbons (Fsp3) is 0.333. The maximum atomic E-state index is 12.3. The minimum Gasteiger partial charge on any atom is -0.394 e. The first-order valence-electron chi connectivity index (χ1n) is 5.53. The lowest BCUT2D eigenvalue weighted by atomic mass is 10.2. The van der Waals surface area contributed by atoms with Crippen molar-refractivity contribution in [2.24, 2.45) is 0 Å². The van der Waals surface area contributed by atoms with Crippen LogP contribution >= 0.6 is 12.2 Å². The van der Waals surface area contributed by atoms with Crippen molar-refractivity contribution >= 4 is 23.1 Å². The zero-order chi connectivity index (χ0) is 12.4. The Hall–Kier alpha value is -1.46. The summed E-state index contributed by atoms with van der Waals surface area (Å²) in [5, 5.41) is 9.87. The molecule has 0 aliphatic heterocycles. The molecule has 0 spiro atoms. The van der Waals surface area contributed by atoms with Crippen molar-refractivity contribution in [3.05, 3.63) is 39.4 Å². The third-order valence-electron chi connectivity index (χ3n) is 2.88. The number of aliphatic hydroxyl groups excluding tert-OH is 1. The summed E-state index contributed by atoms with van der Waals surface area (Å²) in [7, 11) is 0. The van der Waals surface area contributed by atoms with Gasteiger partial charge in [0, 0.05) is 0 Å². The lowest BCUT2D eigenvalue weighted by molar-refractivity contribution is 0.220. The van der Waals surface area contributed by atoms with Gasteiger partial charge in [-0.1, -0.05) is 19.1 Å². The van der Waals surface area contributed by atoms with Crippen LogP contribution in [0, 0.1) is 4.77 Å². The standard InChI is InChI=1S/C12H14N2O2S/c1-2-8(7-15)14-11(16)9-5-3-4-6-10(9)13-12(14)17/h3-6,8,15H,2,7H2,1H3,(H,13,17)/t8-/m1/s1. The number of H-pyrrole nitrogens is 1. The van der Waals surface area contributed by atoms with E-state index in [2.05, 4.69) is 4.98 Å². The average molecular weight is 250 g/mol. The summed E-state index contributed by atoms with van der Waals surface area (Å²) in [6.07, 6.45) is 0.659. The van der Waals surface area contributed by atoms with Crippen LogP contribution in [0.25, 0.3) is 10.9 Å². The smallest absolute Gasteiger partial charge is 0.262 e. The normalized spacial score (nSPS) is 12.8.